The quantitative estimate of drug-likeness (QED) is 0.507. The number of anilines is 1. The molecule has 0 fully saturated rings. The molecule has 29 heavy (non-hydrogen) atoms. The number of benzene rings is 2. The van der Waals surface area contributed by atoms with Crippen LogP contribution in [0.4, 0.5) is 5.69 Å². The molecule has 1 aliphatic heterocycles. The minimum atomic E-state index is 0.114. The molecule has 152 valence electrons. The van der Waals surface area contributed by atoms with Gasteiger partial charge in [0, 0.05) is 22.2 Å². The summed E-state index contributed by atoms with van der Waals surface area (Å²) in [6.45, 7) is 11.6. The van der Waals surface area contributed by atoms with Crippen molar-refractivity contribution in [1.82, 2.24) is 4.98 Å². The van der Waals surface area contributed by atoms with Gasteiger partial charge in [0.2, 0.25) is 0 Å². The molecule has 1 aliphatic rings. The molecule has 0 saturated heterocycles. The number of nitrogens with zero attached hydrogens (tertiary/aromatic N) is 1. The van der Waals surface area contributed by atoms with E-state index in [-0.39, 0.29) is 11.0 Å². The zero-order valence-electron chi connectivity index (χ0n) is 18.6. The molecule has 2 nitrogen and oxygen atoms in total. The van der Waals surface area contributed by atoms with Gasteiger partial charge >= 0.3 is 0 Å². The van der Waals surface area contributed by atoms with Crippen molar-refractivity contribution in [3.05, 3.63) is 59.7 Å². The third-order valence-electron chi connectivity index (χ3n) is 6.56. The fourth-order valence-electron chi connectivity index (χ4n) is 4.75. The summed E-state index contributed by atoms with van der Waals surface area (Å²) in [6.07, 6.45) is 5.45. The molecule has 3 aromatic rings. The molecule has 0 spiro atoms. The molecule has 0 saturated carbocycles. The van der Waals surface area contributed by atoms with Gasteiger partial charge in [0.25, 0.3) is 0 Å². The van der Waals surface area contributed by atoms with Gasteiger partial charge < -0.3 is 5.32 Å². The Morgan fingerprint density at radius 2 is 1.76 bits per heavy atom. The zero-order chi connectivity index (χ0) is 20.6. The van der Waals surface area contributed by atoms with Crippen molar-refractivity contribution in [2.45, 2.75) is 72.3 Å². The SMILES string of the molecule is CCC1(CC)CCc2cccc3c(CC(C)(C)C)cc(nc23)-c2ccccc2N1. The number of hydrogen-bond acceptors (Lipinski definition) is 2. The van der Waals surface area contributed by atoms with E-state index in [0.29, 0.717) is 0 Å². The molecule has 0 radical (unpaired) electrons. The van der Waals surface area contributed by atoms with E-state index in [1.807, 2.05) is 0 Å². The van der Waals surface area contributed by atoms with Gasteiger partial charge in [-0.3, -0.25) is 0 Å². The van der Waals surface area contributed by atoms with E-state index in [1.165, 1.54) is 33.3 Å². The average molecular weight is 387 g/mol. The number of aryl methyl sites for hydroxylation is 1. The first-order valence-electron chi connectivity index (χ1n) is 11.1. The van der Waals surface area contributed by atoms with Crippen LogP contribution in [-0.2, 0) is 12.8 Å². The van der Waals surface area contributed by atoms with Gasteiger partial charge in [0.15, 0.2) is 0 Å². The summed E-state index contributed by atoms with van der Waals surface area (Å²) in [5.41, 5.74) is 7.85. The van der Waals surface area contributed by atoms with Crippen molar-refractivity contribution in [2.24, 2.45) is 5.41 Å². The Hall–Kier alpha value is -2.35. The average Bonchev–Trinajstić information content (AvgIpc) is 2.70. The first-order chi connectivity index (χ1) is 13.8. The van der Waals surface area contributed by atoms with Gasteiger partial charge in [-0.25, -0.2) is 4.98 Å². The maximum atomic E-state index is 5.21. The van der Waals surface area contributed by atoms with Crippen molar-refractivity contribution in [2.75, 3.05) is 5.32 Å². The highest BCUT2D eigenvalue weighted by atomic mass is 15.0. The summed E-state index contributed by atoms with van der Waals surface area (Å²) in [4.78, 5) is 5.21. The van der Waals surface area contributed by atoms with E-state index in [9.17, 15) is 0 Å². The molecule has 1 N–H and O–H groups in total. The lowest BCUT2D eigenvalue weighted by molar-refractivity contribution is 0.403. The van der Waals surface area contributed by atoms with Crippen LogP contribution in [-0.4, -0.2) is 10.5 Å². The molecule has 2 heteroatoms. The Balaban J connectivity index is 2.01. The third kappa shape index (κ3) is 3.90. The molecule has 4 rings (SSSR count). The summed E-state index contributed by atoms with van der Waals surface area (Å²) < 4.78 is 0. The van der Waals surface area contributed by atoms with Crippen molar-refractivity contribution < 1.29 is 0 Å². The lowest BCUT2D eigenvalue weighted by Crippen LogP contribution is -2.38. The van der Waals surface area contributed by atoms with Crippen LogP contribution in [0.3, 0.4) is 0 Å². The molecule has 0 atom stereocenters. The largest absolute Gasteiger partial charge is 0.379 e. The minimum absolute atomic E-state index is 0.114. The smallest absolute Gasteiger partial charge is 0.0744 e. The second-order valence-electron chi connectivity index (χ2n) is 9.88. The summed E-state index contributed by atoms with van der Waals surface area (Å²) >= 11 is 0. The van der Waals surface area contributed by atoms with Crippen LogP contribution in [0.1, 0.15) is 65.0 Å². The van der Waals surface area contributed by atoms with E-state index in [4.69, 9.17) is 4.98 Å². The first-order valence-corrected chi connectivity index (χ1v) is 11.1. The Kier molecular flexibility index (Phi) is 5.14. The van der Waals surface area contributed by atoms with Crippen molar-refractivity contribution in [3.8, 4) is 11.3 Å². The molecule has 0 unspecified atom stereocenters. The maximum Gasteiger partial charge on any atom is 0.0744 e. The highest BCUT2D eigenvalue weighted by molar-refractivity contribution is 5.89. The molecule has 2 bridgehead atoms. The van der Waals surface area contributed by atoms with Crippen molar-refractivity contribution >= 4 is 16.6 Å². The number of pyridine rings is 1. The second kappa shape index (κ2) is 7.48. The van der Waals surface area contributed by atoms with E-state index < -0.39 is 0 Å². The molecule has 0 amide bonds. The minimum Gasteiger partial charge on any atom is -0.379 e. The van der Waals surface area contributed by atoms with Crippen molar-refractivity contribution in [3.63, 3.8) is 0 Å². The van der Waals surface area contributed by atoms with Gasteiger partial charge in [-0.1, -0.05) is 71.0 Å². The predicted octanol–water partition coefficient (Wildman–Crippen LogP) is 7.41. The summed E-state index contributed by atoms with van der Waals surface area (Å²) in [5.74, 6) is 0. The van der Waals surface area contributed by atoms with E-state index in [0.717, 1.165) is 37.8 Å². The lowest BCUT2D eigenvalue weighted by Gasteiger charge is -2.36. The van der Waals surface area contributed by atoms with Crippen LogP contribution in [0.15, 0.2) is 48.5 Å². The van der Waals surface area contributed by atoms with Gasteiger partial charge in [-0.05, 0) is 60.8 Å². The van der Waals surface area contributed by atoms with E-state index in [2.05, 4.69) is 88.5 Å². The molecule has 2 aromatic carbocycles. The predicted molar refractivity (Wildman–Crippen MR) is 126 cm³/mol. The van der Waals surface area contributed by atoms with Crippen LogP contribution in [0.2, 0.25) is 0 Å². The monoisotopic (exact) mass is 386 g/mol. The first kappa shape index (κ1) is 19.9. The Morgan fingerprint density at radius 3 is 2.48 bits per heavy atom. The summed E-state index contributed by atoms with van der Waals surface area (Å²) in [5, 5.41) is 5.27. The van der Waals surface area contributed by atoms with Crippen LogP contribution in [0.5, 0.6) is 0 Å². The topological polar surface area (TPSA) is 24.9 Å². The number of fused-ring (bicyclic) bond motifs is 3. The molecular formula is C27H34N2. The van der Waals surface area contributed by atoms with Crippen LogP contribution >= 0.6 is 0 Å². The summed E-state index contributed by atoms with van der Waals surface area (Å²) in [7, 11) is 0. The standard InChI is InChI=1S/C27H34N2/c1-6-27(7-2)16-15-19-11-10-13-21-20(18-26(3,4)5)17-24(28-25(19)21)22-12-8-9-14-23(22)29-27/h8-14,17,29H,6-7,15-16,18H2,1-5H3. The molecule has 2 heterocycles. The summed E-state index contributed by atoms with van der Waals surface area (Å²) in [6, 6.07) is 17.8. The van der Waals surface area contributed by atoms with Crippen LogP contribution < -0.4 is 5.32 Å². The Labute approximate surface area is 175 Å². The van der Waals surface area contributed by atoms with E-state index >= 15 is 0 Å². The van der Waals surface area contributed by atoms with Gasteiger partial charge in [0.05, 0.1) is 11.2 Å². The molecule has 1 aromatic heterocycles. The number of hydrogen-bond donors (Lipinski definition) is 1. The fraction of sp³-hybridized carbons (Fsp3) is 0.444. The van der Waals surface area contributed by atoms with Crippen molar-refractivity contribution in [1.29, 1.82) is 0 Å². The third-order valence-corrected chi connectivity index (χ3v) is 6.56. The normalized spacial score (nSPS) is 15.8. The lowest BCUT2D eigenvalue weighted by atomic mass is 9.83. The Bertz CT molecular complexity index is 1020. The van der Waals surface area contributed by atoms with Gasteiger partial charge in [0.1, 0.15) is 0 Å². The van der Waals surface area contributed by atoms with Crippen LogP contribution in [0, 0.1) is 5.41 Å². The molecular weight excluding hydrogens is 352 g/mol. The van der Waals surface area contributed by atoms with Gasteiger partial charge in [-0.15, -0.1) is 0 Å². The maximum absolute atomic E-state index is 5.21. The number of para-hydroxylation sites is 2. The van der Waals surface area contributed by atoms with Crippen LogP contribution in [0.25, 0.3) is 22.2 Å². The second-order valence-corrected chi connectivity index (χ2v) is 9.88. The van der Waals surface area contributed by atoms with Gasteiger partial charge in [-0.2, -0.15) is 0 Å². The highest BCUT2D eigenvalue weighted by Crippen LogP contribution is 2.38. The molecule has 0 aliphatic carbocycles. The Morgan fingerprint density at radius 1 is 1.00 bits per heavy atom. The highest BCUT2D eigenvalue weighted by Gasteiger charge is 2.28. The van der Waals surface area contributed by atoms with E-state index in [1.54, 1.807) is 0 Å². The number of nitrogens with one attached hydrogen (secondary N) is 1. The fourth-order valence-corrected chi connectivity index (χ4v) is 4.75. The number of aromatic nitrogens is 1. The zero-order valence-corrected chi connectivity index (χ0v) is 18.6. The number of rotatable bonds is 3.